The molecule has 0 spiro atoms. The predicted octanol–water partition coefficient (Wildman–Crippen LogP) is 5.77. The Balaban J connectivity index is 5.34. The highest BCUT2D eigenvalue weighted by Gasteiger charge is 2.41. The molecule has 0 fully saturated rings. The van der Waals surface area contributed by atoms with Crippen LogP contribution in [0, 0.1) is 0 Å². The SMILES string of the molecule is CCCCCCC(O)C[N+](CCCCC)(CCCCC)C(CCC)C(=O)O. The third-order valence-corrected chi connectivity index (χ3v) is 5.89. The molecule has 0 saturated carbocycles. The van der Waals surface area contributed by atoms with E-state index >= 15 is 0 Å². The molecule has 162 valence electrons. The topological polar surface area (TPSA) is 57.5 Å². The minimum Gasteiger partial charge on any atom is -0.477 e. The molecule has 0 aromatic heterocycles. The van der Waals surface area contributed by atoms with Crippen molar-refractivity contribution in [2.75, 3.05) is 19.6 Å². The minimum atomic E-state index is -0.678. The maximum absolute atomic E-state index is 12.2. The van der Waals surface area contributed by atoms with E-state index in [4.69, 9.17) is 0 Å². The quantitative estimate of drug-likeness (QED) is 0.219. The molecule has 2 atom stereocenters. The molecule has 0 rings (SSSR count). The van der Waals surface area contributed by atoms with E-state index in [1.54, 1.807) is 0 Å². The van der Waals surface area contributed by atoms with Crippen molar-refractivity contribution >= 4 is 5.97 Å². The van der Waals surface area contributed by atoms with Crippen LogP contribution in [0.2, 0.25) is 0 Å². The van der Waals surface area contributed by atoms with Gasteiger partial charge < -0.3 is 14.7 Å². The van der Waals surface area contributed by atoms with Crippen LogP contribution >= 0.6 is 0 Å². The molecule has 0 heterocycles. The van der Waals surface area contributed by atoms with Gasteiger partial charge in [-0.05, 0) is 38.5 Å². The van der Waals surface area contributed by atoms with Gasteiger partial charge in [0, 0.05) is 6.42 Å². The van der Waals surface area contributed by atoms with E-state index in [2.05, 4.69) is 27.7 Å². The highest BCUT2D eigenvalue weighted by molar-refractivity contribution is 5.72. The number of carboxylic acids is 1. The Morgan fingerprint density at radius 3 is 1.70 bits per heavy atom. The van der Waals surface area contributed by atoms with Crippen molar-refractivity contribution in [1.82, 2.24) is 0 Å². The van der Waals surface area contributed by atoms with Gasteiger partial charge in [0.2, 0.25) is 0 Å². The van der Waals surface area contributed by atoms with Gasteiger partial charge in [0.25, 0.3) is 0 Å². The van der Waals surface area contributed by atoms with Gasteiger partial charge in [0.15, 0.2) is 6.04 Å². The van der Waals surface area contributed by atoms with Crippen LogP contribution in [0.3, 0.4) is 0 Å². The third-order valence-electron chi connectivity index (χ3n) is 5.89. The number of aliphatic carboxylic acids is 1. The third kappa shape index (κ3) is 11.1. The van der Waals surface area contributed by atoms with E-state index in [-0.39, 0.29) is 12.1 Å². The van der Waals surface area contributed by atoms with Gasteiger partial charge in [-0.1, -0.05) is 66.2 Å². The molecular formula is C23H48NO3+. The number of carbonyl (C=O) groups is 1. The minimum absolute atomic E-state index is 0.381. The molecule has 0 radical (unpaired) electrons. The number of hydrogen-bond acceptors (Lipinski definition) is 2. The molecule has 0 aliphatic rings. The van der Waals surface area contributed by atoms with Gasteiger partial charge in [-0.15, -0.1) is 0 Å². The molecule has 27 heavy (non-hydrogen) atoms. The lowest BCUT2D eigenvalue weighted by Gasteiger charge is -2.44. The maximum atomic E-state index is 12.2. The second kappa shape index (κ2) is 16.4. The fourth-order valence-corrected chi connectivity index (χ4v) is 4.31. The smallest absolute Gasteiger partial charge is 0.362 e. The van der Waals surface area contributed by atoms with Gasteiger partial charge in [0.05, 0.1) is 13.1 Å². The lowest BCUT2D eigenvalue weighted by Crippen LogP contribution is -2.62. The maximum Gasteiger partial charge on any atom is 0.362 e. The molecule has 2 N–H and O–H groups in total. The number of quaternary nitrogens is 1. The summed E-state index contributed by atoms with van der Waals surface area (Å²) in [5.41, 5.74) is 0. The van der Waals surface area contributed by atoms with Crippen LogP contribution in [-0.4, -0.2) is 52.4 Å². The Morgan fingerprint density at radius 2 is 1.26 bits per heavy atom. The standard InChI is InChI=1S/C23H47NO3/c1-5-9-12-13-17-21(25)20-24(18-14-10-6-2,19-15-11-7-3)22(16-8-4)23(26)27/h21-22,25H,5-20H2,1-4H3/p+1. The number of hydrogen-bond donors (Lipinski definition) is 2. The largest absolute Gasteiger partial charge is 0.477 e. The van der Waals surface area contributed by atoms with Crippen molar-refractivity contribution in [1.29, 1.82) is 0 Å². The van der Waals surface area contributed by atoms with Crippen molar-refractivity contribution in [2.24, 2.45) is 0 Å². The molecule has 0 aromatic rings. The second-order valence-electron chi connectivity index (χ2n) is 8.41. The van der Waals surface area contributed by atoms with Gasteiger partial charge in [-0.2, -0.15) is 0 Å². The fourth-order valence-electron chi connectivity index (χ4n) is 4.31. The molecular weight excluding hydrogens is 338 g/mol. The average Bonchev–Trinajstić information content (AvgIpc) is 2.63. The van der Waals surface area contributed by atoms with Crippen LogP contribution in [0.15, 0.2) is 0 Å². The first-order chi connectivity index (χ1) is 13.0. The molecule has 4 nitrogen and oxygen atoms in total. The van der Waals surface area contributed by atoms with E-state index < -0.39 is 5.97 Å². The number of aliphatic hydroxyl groups excluding tert-OH is 1. The first-order valence-corrected chi connectivity index (χ1v) is 11.7. The number of nitrogens with zero attached hydrogens (tertiary/aromatic N) is 1. The first kappa shape index (κ1) is 26.4. The summed E-state index contributed by atoms with van der Waals surface area (Å²) in [6, 6.07) is -0.381. The summed E-state index contributed by atoms with van der Waals surface area (Å²) >= 11 is 0. The van der Waals surface area contributed by atoms with Crippen LogP contribution in [-0.2, 0) is 4.79 Å². The Hall–Kier alpha value is -0.610. The number of aliphatic hydroxyl groups is 1. The van der Waals surface area contributed by atoms with Crippen molar-refractivity contribution in [2.45, 2.75) is 123 Å². The summed E-state index contributed by atoms with van der Waals surface area (Å²) in [5.74, 6) is -0.678. The molecule has 4 heteroatoms. The highest BCUT2D eigenvalue weighted by atomic mass is 16.4. The Morgan fingerprint density at radius 1 is 0.741 bits per heavy atom. The first-order valence-electron chi connectivity index (χ1n) is 11.7. The van der Waals surface area contributed by atoms with Crippen molar-refractivity contribution in [3.63, 3.8) is 0 Å². The lowest BCUT2D eigenvalue weighted by molar-refractivity contribution is -0.946. The van der Waals surface area contributed by atoms with Crippen LogP contribution in [0.5, 0.6) is 0 Å². The zero-order valence-electron chi connectivity index (χ0n) is 18.7. The van der Waals surface area contributed by atoms with Crippen LogP contribution in [0.4, 0.5) is 0 Å². The predicted molar refractivity (Wildman–Crippen MR) is 115 cm³/mol. The van der Waals surface area contributed by atoms with Crippen LogP contribution < -0.4 is 0 Å². The van der Waals surface area contributed by atoms with Gasteiger partial charge in [0.1, 0.15) is 12.6 Å². The van der Waals surface area contributed by atoms with E-state index in [0.29, 0.717) is 17.4 Å². The van der Waals surface area contributed by atoms with E-state index in [9.17, 15) is 15.0 Å². The zero-order valence-corrected chi connectivity index (χ0v) is 18.7. The van der Waals surface area contributed by atoms with Crippen molar-refractivity contribution in [3.05, 3.63) is 0 Å². The van der Waals surface area contributed by atoms with E-state index in [1.807, 2.05) is 0 Å². The molecule has 0 amide bonds. The molecule has 0 aliphatic carbocycles. The normalized spacial score (nSPS) is 14.3. The monoisotopic (exact) mass is 386 g/mol. The molecule has 0 bridgehead atoms. The van der Waals surface area contributed by atoms with Gasteiger partial charge in [-0.3, -0.25) is 0 Å². The fraction of sp³-hybridized carbons (Fsp3) is 0.957. The van der Waals surface area contributed by atoms with E-state index in [1.165, 1.54) is 12.8 Å². The summed E-state index contributed by atoms with van der Waals surface area (Å²) in [5, 5.41) is 20.8. The summed E-state index contributed by atoms with van der Waals surface area (Å²) in [6.07, 6.45) is 13.3. The lowest BCUT2D eigenvalue weighted by atomic mass is 10.00. The Bertz CT molecular complexity index is 350. The molecule has 0 saturated heterocycles. The average molecular weight is 387 g/mol. The Labute approximate surface area is 168 Å². The summed E-state index contributed by atoms with van der Waals surface area (Å²) in [7, 11) is 0. The van der Waals surface area contributed by atoms with Crippen LogP contribution in [0.1, 0.15) is 111 Å². The summed E-state index contributed by atoms with van der Waals surface area (Å²) in [4.78, 5) is 12.2. The number of unbranched alkanes of at least 4 members (excludes halogenated alkanes) is 7. The van der Waals surface area contributed by atoms with Gasteiger partial charge in [-0.25, -0.2) is 4.79 Å². The second-order valence-corrected chi connectivity index (χ2v) is 8.41. The molecule has 2 unspecified atom stereocenters. The number of carboxylic acid groups (broad SMARTS) is 1. The summed E-state index contributed by atoms with van der Waals surface area (Å²) < 4.78 is 0.581. The Kier molecular flexibility index (Phi) is 16.0. The number of rotatable bonds is 19. The van der Waals surface area contributed by atoms with Crippen molar-refractivity contribution in [3.8, 4) is 0 Å². The molecule has 0 aliphatic heterocycles. The highest BCUT2D eigenvalue weighted by Crippen LogP contribution is 2.25. The van der Waals surface area contributed by atoms with Crippen molar-refractivity contribution < 1.29 is 19.5 Å². The van der Waals surface area contributed by atoms with E-state index in [0.717, 1.165) is 77.3 Å². The van der Waals surface area contributed by atoms with Gasteiger partial charge >= 0.3 is 5.97 Å². The molecule has 0 aromatic carbocycles. The zero-order chi connectivity index (χ0) is 20.5. The summed E-state index contributed by atoms with van der Waals surface area (Å²) in [6.45, 7) is 11.0. The van der Waals surface area contributed by atoms with Crippen LogP contribution in [0.25, 0.3) is 0 Å².